The average Bonchev–Trinajstić information content (AvgIpc) is 3.03. The Morgan fingerprint density at radius 3 is 2.42 bits per heavy atom. The molecule has 0 atom stereocenters. The third-order valence-corrected chi connectivity index (χ3v) is 4.57. The van der Waals surface area contributed by atoms with Gasteiger partial charge in [0.05, 0.1) is 11.0 Å². The second kappa shape index (κ2) is 5.39. The number of benzene rings is 2. The van der Waals surface area contributed by atoms with Gasteiger partial charge in [-0.15, -0.1) is 0 Å². The minimum Gasteiger partial charge on any atom is -0.384 e. The number of aromatic nitrogens is 2. The van der Waals surface area contributed by atoms with Crippen molar-refractivity contribution in [2.24, 2.45) is 5.73 Å². The van der Waals surface area contributed by atoms with Crippen molar-refractivity contribution in [3.05, 3.63) is 65.7 Å². The lowest BCUT2D eigenvalue weighted by Crippen LogP contribution is -2.45. The number of nitrogens with one attached hydrogen (secondary N) is 1. The van der Waals surface area contributed by atoms with Gasteiger partial charge in [0.2, 0.25) is 0 Å². The Labute approximate surface area is 148 Å². The minimum absolute atomic E-state index is 0.101. The second-order valence-corrected chi connectivity index (χ2v) is 6.71. The van der Waals surface area contributed by atoms with Gasteiger partial charge in [0.25, 0.3) is 0 Å². The lowest BCUT2D eigenvalue weighted by Gasteiger charge is -2.33. The summed E-state index contributed by atoms with van der Waals surface area (Å²) in [4.78, 5) is 22.0. The van der Waals surface area contributed by atoms with Crippen LogP contribution in [0.3, 0.4) is 0 Å². The Morgan fingerprint density at radius 1 is 1.12 bits per heavy atom. The third-order valence-electron chi connectivity index (χ3n) is 4.57. The first-order valence-corrected chi connectivity index (χ1v) is 8.05. The van der Waals surface area contributed by atoms with Gasteiger partial charge in [-0.3, -0.25) is 4.79 Å². The van der Waals surface area contributed by atoms with E-state index in [1.807, 2.05) is 24.3 Å². The smallest absolute Gasteiger partial charge is 0.195 e. The van der Waals surface area contributed by atoms with Crippen LogP contribution in [0.4, 0.5) is 14.5 Å². The van der Waals surface area contributed by atoms with Crippen molar-refractivity contribution in [2.45, 2.75) is 19.4 Å². The number of nitrogens with zero attached hydrogens (tertiary/aromatic N) is 2. The maximum atomic E-state index is 13.7. The van der Waals surface area contributed by atoms with E-state index in [0.717, 1.165) is 23.7 Å². The van der Waals surface area contributed by atoms with Crippen LogP contribution in [0, 0.1) is 11.6 Å². The molecule has 1 aliphatic rings. The first-order valence-electron chi connectivity index (χ1n) is 8.05. The molecule has 0 spiro atoms. The second-order valence-electron chi connectivity index (χ2n) is 6.71. The van der Waals surface area contributed by atoms with Gasteiger partial charge < -0.3 is 15.6 Å². The Hall–Kier alpha value is -3.22. The van der Waals surface area contributed by atoms with E-state index in [-0.39, 0.29) is 22.9 Å². The normalized spacial score (nSPS) is 16.8. The van der Waals surface area contributed by atoms with Crippen LogP contribution < -0.4 is 10.6 Å². The van der Waals surface area contributed by atoms with Crippen molar-refractivity contribution in [3.8, 4) is 0 Å². The number of ketones is 1. The van der Waals surface area contributed by atoms with Crippen molar-refractivity contribution in [1.82, 2.24) is 9.97 Å². The average molecular weight is 354 g/mol. The van der Waals surface area contributed by atoms with Crippen molar-refractivity contribution in [3.63, 3.8) is 0 Å². The van der Waals surface area contributed by atoms with E-state index in [1.165, 1.54) is 4.90 Å². The summed E-state index contributed by atoms with van der Waals surface area (Å²) in [6, 6.07) is 10.4. The largest absolute Gasteiger partial charge is 0.384 e. The van der Waals surface area contributed by atoms with Crippen LogP contribution in [0.25, 0.3) is 16.6 Å². The fraction of sp³-hybridized carbons (Fsp3) is 0.158. The van der Waals surface area contributed by atoms with Crippen LogP contribution in [-0.4, -0.2) is 21.3 Å². The summed E-state index contributed by atoms with van der Waals surface area (Å²) in [7, 11) is 0. The molecule has 3 N–H and O–H groups in total. The molecule has 132 valence electrons. The summed E-state index contributed by atoms with van der Waals surface area (Å²) in [6.07, 6.45) is 0. The Bertz CT molecular complexity index is 1030. The number of H-pyrrole nitrogens is 1. The number of Topliss-reactive ketones (excluding diaryl/α,β-unsaturated/α-hetero) is 1. The molecule has 26 heavy (non-hydrogen) atoms. The summed E-state index contributed by atoms with van der Waals surface area (Å²) in [6.45, 7) is 3.31. The van der Waals surface area contributed by atoms with Gasteiger partial charge >= 0.3 is 0 Å². The van der Waals surface area contributed by atoms with Gasteiger partial charge in [-0.05, 0) is 38.1 Å². The standard InChI is InChI=1S/C19H16F2N4O/c1-19(2)16(26)15(18-23-13-5-3-4-6-14(13)24-18)17(22)25(19)12-8-10(20)7-11(21)9-12/h3-9H,22H2,1-2H3,(H,23,24). The van der Waals surface area contributed by atoms with E-state index in [0.29, 0.717) is 11.3 Å². The Morgan fingerprint density at radius 2 is 1.77 bits per heavy atom. The zero-order chi connectivity index (χ0) is 18.6. The predicted molar refractivity (Wildman–Crippen MR) is 95.1 cm³/mol. The number of hydrogen-bond donors (Lipinski definition) is 2. The van der Waals surface area contributed by atoms with Crippen LogP contribution in [0.5, 0.6) is 0 Å². The van der Waals surface area contributed by atoms with Crippen LogP contribution in [0.2, 0.25) is 0 Å². The highest BCUT2D eigenvalue weighted by molar-refractivity contribution is 6.29. The number of nitrogens with two attached hydrogens (primary N) is 1. The van der Waals surface area contributed by atoms with Crippen LogP contribution in [0.1, 0.15) is 19.7 Å². The molecule has 2 heterocycles. The molecule has 1 aliphatic heterocycles. The van der Waals surface area contributed by atoms with E-state index in [9.17, 15) is 13.6 Å². The molecule has 0 aliphatic carbocycles. The van der Waals surface area contributed by atoms with Gasteiger partial charge in [0, 0.05) is 11.8 Å². The van der Waals surface area contributed by atoms with E-state index >= 15 is 0 Å². The first-order chi connectivity index (χ1) is 12.3. The summed E-state index contributed by atoms with van der Waals surface area (Å²) in [5.41, 5.74) is 6.98. The lowest BCUT2D eigenvalue weighted by atomic mass is 9.95. The SMILES string of the molecule is CC1(C)C(=O)C(c2nc3ccccc3[nH]2)=C(N)N1c1cc(F)cc(F)c1. The molecule has 0 fully saturated rings. The third kappa shape index (κ3) is 2.28. The highest BCUT2D eigenvalue weighted by Crippen LogP contribution is 2.40. The van der Waals surface area contributed by atoms with Crippen molar-refractivity contribution >= 4 is 28.1 Å². The summed E-state index contributed by atoms with van der Waals surface area (Å²) >= 11 is 0. The molecule has 1 aromatic heterocycles. The molecule has 0 saturated carbocycles. The molecule has 3 aromatic rings. The molecule has 0 unspecified atom stereocenters. The number of halogens is 2. The number of anilines is 1. The van der Waals surface area contributed by atoms with Crippen molar-refractivity contribution in [1.29, 1.82) is 0 Å². The molecular weight excluding hydrogens is 338 g/mol. The molecule has 2 aromatic carbocycles. The van der Waals surface area contributed by atoms with Gasteiger partial charge in [-0.25, -0.2) is 13.8 Å². The maximum absolute atomic E-state index is 13.7. The van der Waals surface area contributed by atoms with Crippen LogP contribution >= 0.6 is 0 Å². The molecular formula is C19H16F2N4O. The molecule has 0 saturated heterocycles. The molecule has 4 rings (SSSR count). The van der Waals surface area contributed by atoms with E-state index in [1.54, 1.807) is 13.8 Å². The Balaban J connectivity index is 1.91. The predicted octanol–water partition coefficient (Wildman–Crippen LogP) is 3.34. The molecule has 0 bridgehead atoms. The van der Waals surface area contributed by atoms with Crippen LogP contribution in [0.15, 0.2) is 48.3 Å². The summed E-state index contributed by atoms with van der Waals surface area (Å²) in [5, 5.41) is 0. The van der Waals surface area contributed by atoms with Gasteiger partial charge in [-0.2, -0.15) is 0 Å². The zero-order valence-corrected chi connectivity index (χ0v) is 14.2. The highest BCUT2D eigenvalue weighted by atomic mass is 19.1. The number of para-hydroxylation sites is 2. The monoisotopic (exact) mass is 354 g/mol. The fourth-order valence-corrected chi connectivity index (χ4v) is 3.37. The number of carbonyl (C=O) groups excluding carboxylic acids is 1. The van der Waals surface area contributed by atoms with Gasteiger partial charge in [0.1, 0.15) is 34.4 Å². The molecule has 0 radical (unpaired) electrons. The quantitative estimate of drug-likeness (QED) is 0.740. The number of imidazole rings is 1. The fourth-order valence-electron chi connectivity index (χ4n) is 3.37. The highest BCUT2D eigenvalue weighted by Gasteiger charge is 2.47. The maximum Gasteiger partial charge on any atom is 0.195 e. The van der Waals surface area contributed by atoms with E-state index in [4.69, 9.17) is 5.73 Å². The van der Waals surface area contributed by atoms with Crippen molar-refractivity contribution < 1.29 is 13.6 Å². The Kier molecular flexibility index (Phi) is 3.37. The zero-order valence-electron chi connectivity index (χ0n) is 14.2. The molecule has 7 heteroatoms. The minimum atomic E-state index is -1.11. The summed E-state index contributed by atoms with van der Waals surface area (Å²) < 4.78 is 27.4. The van der Waals surface area contributed by atoms with E-state index in [2.05, 4.69) is 9.97 Å². The number of rotatable bonds is 2. The van der Waals surface area contributed by atoms with Gasteiger partial charge in [-0.1, -0.05) is 12.1 Å². The van der Waals surface area contributed by atoms with Crippen molar-refractivity contribution in [2.75, 3.05) is 4.90 Å². The van der Waals surface area contributed by atoms with E-state index < -0.39 is 17.2 Å². The lowest BCUT2D eigenvalue weighted by molar-refractivity contribution is -0.116. The van der Waals surface area contributed by atoms with Gasteiger partial charge in [0.15, 0.2) is 5.78 Å². The van der Waals surface area contributed by atoms with Crippen LogP contribution in [-0.2, 0) is 4.79 Å². The number of fused-ring (bicyclic) bond motifs is 1. The number of aromatic amines is 1. The molecule has 5 nitrogen and oxygen atoms in total. The first kappa shape index (κ1) is 16.3. The molecule has 0 amide bonds. The number of hydrogen-bond acceptors (Lipinski definition) is 4. The topological polar surface area (TPSA) is 75.0 Å². The number of carbonyl (C=O) groups is 1. The summed E-state index contributed by atoms with van der Waals surface area (Å²) in [5.74, 6) is -1.33.